The second kappa shape index (κ2) is 9.10. The summed E-state index contributed by atoms with van der Waals surface area (Å²) in [5.41, 5.74) is 6.17. The van der Waals surface area contributed by atoms with Crippen LogP contribution in [-0.2, 0) is 14.3 Å². The van der Waals surface area contributed by atoms with Gasteiger partial charge < -0.3 is 20.3 Å². The average molecular weight is 419 g/mol. The van der Waals surface area contributed by atoms with Crippen molar-refractivity contribution in [2.75, 3.05) is 37.8 Å². The molecule has 162 valence electrons. The summed E-state index contributed by atoms with van der Waals surface area (Å²) in [6.45, 7) is 5.66. The minimum atomic E-state index is -0.818. The molecule has 2 aliphatic rings. The van der Waals surface area contributed by atoms with Gasteiger partial charge in [0.25, 0.3) is 5.91 Å². The maximum Gasteiger partial charge on any atom is 0.409 e. The zero-order valence-electron chi connectivity index (χ0n) is 17.1. The number of carbonyl (C=O) groups excluding carboxylic acids is 3. The van der Waals surface area contributed by atoms with E-state index in [-0.39, 0.29) is 30.1 Å². The van der Waals surface area contributed by atoms with E-state index in [9.17, 15) is 18.8 Å². The van der Waals surface area contributed by atoms with E-state index in [0.29, 0.717) is 38.5 Å². The standard InChI is InChI=1S/C20H26FN5O4/c1-13(2)12-30-20(29)25-9-7-24(8-10-25)19(28)16-11-17(18(22)27)26(23-16)15-5-3-14(21)4-6-15/h3-6,13,17H,7-12H2,1-2H3,(H2,22,27). The largest absolute Gasteiger partial charge is 0.449 e. The lowest BCUT2D eigenvalue weighted by atomic mass is 10.1. The highest BCUT2D eigenvalue weighted by atomic mass is 19.1. The average Bonchev–Trinajstić information content (AvgIpc) is 3.18. The Morgan fingerprint density at radius 3 is 2.30 bits per heavy atom. The molecule has 1 saturated heterocycles. The van der Waals surface area contributed by atoms with Gasteiger partial charge in [-0.1, -0.05) is 13.8 Å². The van der Waals surface area contributed by atoms with Gasteiger partial charge in [0.1, 0.15) is 17.6 Å². The summed E-state index contributed by atoms with van der Waals surface area (Å²) in [6, 6.07) is 4.63. The molecule has 0 spiro atoms. The van der Waals surface area contributed by atoms with Crippen LogP contribution >= 0.6 is 0 Å². The Morgan fingerprint density at radius 2 is 1.73 bits per heavy atom. The fourth-order valence-electron chi connectivity index (χ4n) is 3.30. The smallest absolute Gasteiger partial charge is 0.409 e. The minimum absolute atomic E-state index is 0.0716. The second-order valence-electron chi connectivity index (χ2n) is 7.74. The molecule has 2 N–H and O–H groups in total. The molecule has 3 rings (SSSR count). The van der Waals surface area contributed by atoms with Gasteiger partial charge in [0.15, 0.2) is 0 Å². The van der Waals surface area contributed by atoms with Gasteiger partial charge in [0, 0.05) is 32.6 Å². The molecule has 10 heteroatoms. The van der Waals surface area contributed by atoms with Crippen molar-refractivity contribution in [2.24, 2.45) is 16.8 Å². The lowest BCUT2D eigenvalue weighted by Gasteiger charge is -2.34. The van der Waals surface area contributed by atoms with Crippen LogP contribution in [0.3, 0.4) is 0 Å². The maximum absolute atomic E-state index is 13.2. The predicted octanol–water partition coefficient (Wildman–Crippen LogP) is 1.18. The van der Waals surface area contributed by atoms with Crippen molar-refractivity contribution >= 4 is 29.3 Å². The summed E-state index contributed by atoms with van der Waals surface area (Å²) in [6.07, 6.45) is -0.312. The number of primary amides is 1. The number of amides is 3. The summed E-state index contributed by atoms with van der Waals surface area (Å²) < 4.78 is 18.4. The molecular weight excluding hydrogens is 393 g/mol. The lowest BCUT2D eigenvalue weighted by molar-refractivity contribution is -0.125. The Balaban J connectivity index is 1.64. The lowest BCUT2D eigenvalue weighted by Crippen LogP contribution is -2.52. The maximum atomic E-state index is 13.2. The first kappa shape index (κ1) is 21.5. The number of ether oxygens (including phenoxy) is 1. The van der Waals surface area contributed by atoms with Crippen molar-refractivity contribution < 1.29 is 23.5 Å². The third-order valence-corrected chi connectivity index (χ3v) is 4.94. The van der Waals surface area contributed by atoms with E-state index in [1.54, 1.807) is 9.80 Å². The number of benzene rings is 1. The molecule has 0 bridgehead atoms. The number of anilines is 1. The summed E-state index contributed by atoms with van der Waals surface area (Å²) in [5, 5.41) is 5.65. The Hall–Kier alpha value is -3.17. The van der Waals surface area contributed by atoms with Crippen molar-refractivity contribution in [2.45, 2.75) is 26.3 Å². The Morgan fingerprint density at radius 1 is 1.13 bits per heavy atom. The highest BCUT2D eigenvalue weighted by Crippen LogP contribution is 2.25. The third-order valence-electron chi connectivity index (χ3n) is 4.94. The molecule has 30 heavy (non-hydrogen) atoms. The molecule has 1 aromatic rings. The number of nitrogens with zero attached hydrogens (tertiary/aromatic N) is 4. The van der Waals surface area contributed by atoms with Crippen molar-refractivity contribution in [1.29, 1.82) is 0 Å². The third kappa shape index (κ3) is 4.87. The molecule has 3 amide bonds. The van der Waals surface area contributed by atoms with Crippen LogP contribution < -0.4 is 10.7 Å². The van der Waals surface area contributed by atoms with Crippen LogP contribution in [0.1, 0.15) is 20.3 Å². The van der Waals surface area contributed by atoms with Crippen LogP contribution in [0.25, 0.3) is 0 Å². The fourth-order valence-corrected chi connectivity index (χ4v) is 3.30. The highest BCUT2D eigenvalue weighted by molar-refractivity contribution is 6.40. The molecule has 1 fully saturated rings. The Kier molecular flexibility index (Phi) is 6.53. The van der Waals surface area contributed by atoms with Crippen molar-refractivity contribution in [3.63, 3.8) is 0 Å². The number of halogens is 1. The molecule has 2 aliphatic heterocycles. The van der Waals surface area contributed by atoms with E-state index in [2.05, 4.69) is 5.10 Å². The van der Waals surface area contributed by atoms with Crippen LogP contribution in [0.15, 0.2) is 29.4 Å². The minimum Gasteiger partial charge on any atom is -0.449 e. The Labute approximate surface area is 174 Å². The van der Waals surface area contributed by atoms with Crippen LogP contribution in [0.5, 0.6) is 0 Å². The molecule has 0 radical (unpaired) electrons. The SMILES string of the molecule is CC(C)COC(=O)N1CCN(C(=O)C2=NN(c3ccc(F)cc3)C(C(N)=O)C2)CC1. The zero-order valence-corrected chi connectivity index (χ0v) is 17.1. The number of nitrogens with two attached hydrogens (primary N) is 1. The van der Waals surface area contributed by atoms with Crippen LogP contribution in [0, 0.1) is 11.7 Å². The van der Waals surface area contributed by atoms with Gasteiger partial charge in [-0.25, -0.2) is 9.18 Å². The van der Waals surface area contributed by atoms with E-state index in [4.69, 9.17) is 10.5 Å². The van der Waals surface area contributed by atoms with E-state index >= 15 is 0 Å². The summed E-state index contributed by atoms with van der Waals surface area (Å²) >= 11 is 0. The van der Waals surface area contributed by atoms with Crippen molar-refractivity contribution in [1.82, 2.24) is 9.80 Å². The van der Waals surface area contributed by atoms with Gasteiger partial charge in [-0.3, -0.25) is 14.6 Å². The molecule has 1 aromatic carbocycles. The van der Waals surface area contributed by atoms with Crippen LogP contribution in [0.2, 0.25) is 0 Å². The van der Waals surface area contributed by atoms with E-state index in [0.717, 1.165) is 0 Å². The van der Waals surface area contributed by atoms with Crippen molar-refractivity contribution in [3.05, 3.63) is 30.1 Å². The quantitative estimate of drug-likeness (QED) is 0.771. The fraction of sp³-hybridized carbons (Fsp3) is 0.500. The number of hydrazone groups is 1. The molecular formula is C20H26FN5O4. The van der Waals surface area contributed by atoms with Crippen molar-refractivity contribution in [3.8, 4) is 0 Å². The summed E-state index contributed by atoms with van der Waals surface area (Å²) in [5.74, 6) is -1.09. The first-order chi connectivity index (χ1) is 14.3. The van der Waals surface area contributed by atoms with E-state index < -0.39 is 17.8 Å². The molecule has 9 nitrogen and oxygen atoms in total. The van der Waals surface area contributed by atoms with Crippen LogP contribution in [-0.4, -0.2) is 72.2 Å². The van der Waals surface area contributed by atoms with E-state index in [1.807, 2.05) is 13.8 Å². The molecule has 0 saturated carbocycles. The predicted molar refractivity (Wildman–Crippen MR) is 108 cm³/mol. The van der Waals surface area contributed by atoms with Crippen LogP contribution in [0.4, 0.5) is 14.9 Å². The monoisotopic (exact) mass is 419 g/mol. The van der Waals surface area contributed by atoms with Gasteiger partial charge in [-0.15, -0.1) is 0 Å². The number of rotatable bonds is 5. The van der Waals surface area contributed by atoms with Gasteiger partial charge in [0.05, 0.1) is 12.3 Å². The highest BCUT2D eigenvalue weighted by Gasteiger charge is 2.37. The first-order valence-electron chi connectivity index (χ1n) is 9.89. The number of hydrogen-bond acceptors (Lipinski definition) is 6. The van der Waals surface area contributed by atoms with Gasteiger partial charge >= 0.3 is 6.09 Å². The second-order valence-corrected chi connectivity index (χ2v) is 7.74. The number of hydrogen-bond donors (Lipinski definition) is 1. The molecule has 0 aliphatic carbocycles. The topological polar surface area (TPSA) is 109 Å². The van der Waals surface area contributed by atoms with E-state index in [1.165, 1.54) is 29.3 Å². The molecule has 1 atom stereocenters. The molecule has 2 heterocycles. The Bertz CT molecular complexity index is 834. The van der Waals surface area contributed by atoms with Gasteiger partial charge in [0.2, 0.25) is 5.91 Å². The summed E-state index contributed by atoms with van der Waals surface area (Å²) in [7, 11) is 0. The molecule has 0 aromatic heterocycles. The number of piperazine rings is 1. The van der Waals surface area contributed by atoms with Gasteiger partial charge in [-0.2, -0.15) is 5.10 Å². The first-order valence-corrected chi connectivity index (χ1v) is 9.89. The summed E-state index contributed by atoms with van der Waals surface area (Å²) in [4.78, 5) is 40.0. The zero-order chi connectivity index (χ0) is 21.8. The number of carbonyl (C=O) groups is 3. The normalized spacial score (nSPS) is 19.1. The molecule has 1 unspecified atom stereocenters. The van der Waals surface area contributed by atoms with Gasteiger partial charge in [-0.05, 0) is 30.2 Å².